The second-order valence-corrected chi connectivity index (χ2v) is 4.07. The Kier molecular flexibility index (Phi) is 3.49. The van der Waals surface area contributed by atoms with Gasteiger partial charge in [-0.05, 0) is 24.6 Å². The maximum atomic E-state index is 8.90. The van der Waals surface area contributed by atoms with Crippen LogP contribution in [0.25, 0.3) is 0 Å². The number of hydrogen-bond acceptors (Lipinski definition) is 3. The number of hydrogen-bond donors (Lipinski definition) is 1. The third-order valence-corrected chi connectivity index (χ3v) is 2.77. The maximum Gasteiger partial charge on any atom is 0.126 e. The molecule has 0 fully saturated rings. The molecule has 0 saturated heterocycles. The monoisotopic (exact) mass is 238 g/mol. The largest absolute Gasteiger partial charge is 0.489 e. The Balaban J connectivity index is 2.19. The van der Waals surface area contributed by atoms with Crippen LogP contribution in [0.4, 0.5) is 5.69 Å². The van der Waals surface area contributed by atoms with Gasteiger partial charge in [-0.2, -0.15) is 5.26 Å². The van der Waals surface area contributed by atoms with E-state index in [1.165, 1.54) is 0 Å². The minimum absolute atomic E-state index is 0.468. The number of nitriles is 1. The first-order valence-corrected chi connectivity index (χ1v) is 5.67. The summed E-state index contributed by atoms with van der Waals surface area (Å²) < 4.78 is 5.72. The average molecular weight is 238 g/mol. The van der Waals surface area contributed by atoms with Gasteiger partial charge in [-0.3, -0.25) is 0 Å². The lowest BCUT2D eigenvalue weighted by Crippen LogP contribution is -2.00. The van der Waals surface area contributed by atoms with E-state index in [2.05, 4.69) is 6.07 Å². The predicted octanol–water partition coefficient (Wildman–Crippen LogP) is 3.03. The molecule has 0 heterocycles. The molecule has 0 aliphatic heterocycles. The first-order chi connectivity index (χ1) is 8.70. The van der Waals surface area contributed by atoms with E-state index >= 15 is 0 Å². The van der Waals surface area contributed by atoms with Gasteiger partial charge in [0.1, 0.15) is 12.4 Å². The Labute approximate surface area is 106 Å². The molecule has 0 saturated carbocycles. The first kappa shape index (κ1) is 12.0. The summed E-state index contributed by atoms with van der Waals surface area (Å²) >= 11 is 0. The molecule has 2 aromatic rings. The predicted molar refractivity (Wildman–Crippen MR) is 71.1 cm³/mol. The molecule has 90 valence electrons. The first-order valence-electron chi connectivity index (χ1n) is 5.67. The number of benzene rings is 2. The van der Waals surface area contributed by atoms with Gasteiger partial charge in [0.05, 0.1) is 11.6 Å². The van der Waals surface area contributed by atoms with Gasteiger partial charge < -0.3 is 10.5 Å². The van der Waals surface area contributed by atoms with E-state index in [1.807, 2.05) is 37.3 Å². The Morgan fingerprint density at radius 3 is 2.61 bits per heavy atom. The highest BCUT2D eigenvalue weighted by Gasteiger charge is 2.06. The fraction of sp³-hybridized carbons (Fsp3) is 0.133. The minimum atomic E-state index is 0.468. The van der Waals surface area contributed by atoms with Crippen molar-refractivity contribution in [1.29, 1.82) is 5.26 Å². The number of rotatable bonds is 3. The lowest BCUT2D eigenvalue weighted by Gasteiger charge is -2.11. The van der Waals surface area contributed by atoms with Crippen LogP contribution in [0, 0.1) is 18.3 Å². The smallest absolute Gasteiger partial charge is 0.126 e. The molecule has 0 radical (unpaired) electrons. The van der Waals surface area contributed by atoms with Crippen LogP contribution in [0.3, 0.4) is 0 Å². The number of nitrogens with zero attached hydrogens (tertiary/aromatic N) is 1. The van der Waals surface area contributed by atoms with Crippen molar-refractivity contribution in [3.05, 3.63) is 59.2 Å². The zero-order chi connectivity index (χ0) is 13.0. The van der Waals surface area contributed by atoms with Gasteiger partial charge in [-0.15, -0.1) is 0 Å². The zero-order valence-corrected chi connectivity index (χ0v) is 10.2. The minimum Gasteiger partial charge on any atom is -0.489 e. The summed E-state index contributed by atoms with van der Waals surface area (Å²) in [5.74, 6) is 0.662. The average Bonchev–Trinajstić information content (AvgIpc) is 2.41. The summed E-state index contributed by atoms with van der Waals surface area (Å²) in [6.07, 6.45) is 0. The van der Waals surface area contributed by atoms with Crippen LogP contribution in [0.15, 0.2) is 42.5 Å². The second kappa shape index (κ2) is 5.24. The fourth-order valence-corrected chi connectivity index (χ4v) is 1.66. The van der Waals surface area contributed by atoms with Gasteiger partial charge in [0.15, 0.2) is 0 Å². The molecule has 0 aromatic heterocycles. The Bertz CT molecular complexity index is 585. The van der Waals surface area contributed by atoms with Crippen LogP contribution >= 0.6 is 0 Å². The van der Waals surface area contributed by atoms with Crippen molar-refractivity contribution in [3.8, 4) is 11.8 Å². The molecule has 0 aliphatic rings. The van der Waals surface area contributed by atoms with E-state index in [9.17, 15) is 0 Å². The van der Waals surface area contributed by atoms with E-state index in [4.69, 9.17) is 15.7 Å². The van der Waals surface area contributed by atoms with Crippen molar-refractivity contribution < 1.29 is 4.74 Å². The third-order valence-electron chi connectivity index (χ3n) is 2.77. The topological polar surface area (TPSA) is 59.0 Å². The van der Waals surface area contributed by atoms with Gasteiger partial charge in [0, 0.05) is 11.3 Å². The molecule has 2 N–H and O–H groups in total. The molecule has 0 aliphatic carbocycles. The Hall–Kier alpha value is -2.47. The van der Waals surface area contributed by atoms with E-state index in [-0.39, 0.29) is 0 Å². The second-order valence-electron chi connectivity index (χ2n) is 4.07. The highest BCUT2D eigenvalue weighted by molar-refractivity contribution is 5.58. The highest BCUT2D eigenvalue weighted by atomic mass is 16.5. The van der Waals surface area contributed by atoms with Crippen LogP contribution in [0.5, 0.6) is 5.75 Å². The quantitative estimate of drug-likeness (QED) is 0.836. The summed E-state index contributed by atoms with van der Waals surface area (Å²) in [4.78, 5) is 0. The standard InChI is InChI=1S/C15H14N2O/c1-11-14(17)7-13(9-16)8-15(11)18-10-12-5-3-2-4-6-12/h2-8H,10,17H2,1H3. The Morgan fingerprint density at radius 2 is 1.94 bits per heavy atom. The van der Waals surface area contributed by atoms with Crippen LogP contribution in [0.1, 0.15) is 16.7 Å². The van der Waals surface area contributed by atoms with Gasteiger partial charge in [-0.25, -0.2) is 0 Å². The summed E-state index contributed by atoms with van der Waals surface area (Å²) in [5, 5.41) is 8.90. The molecule has 0 unspecified atom stereocenters. The molecular formula is C15H14N2O. The van der Waals surface area contributed by atoms with E-state index in [1.54, 1.807) is 12.1 Å². The molecule has 2 aromatic carbocycles. The van der Waals surface area contributed by atoms with Gasteiger partial charge >= 0.3 is 0 Å². The lowest BCUT2D eigenvalue weighted by molar-refractivity contribution is 0.304. The van der Waals surface area contributed by atoms with Crippen LogP contribution < -0.4 is 10.5 Å². The molecule has 0 amide bonds. The summed E-state index contributed by atoms with van der Waals surface area (Å²) in [6, 6.07) is 15.3. The molecule has 0 spiro atoms. The zero-order valence-electron chi connectivity index (χ0n) is 10.2. The SMILES string of the molecule is Cc1c(N)cc(C#N)cc1OCc1ccccc1. The normalized spacial score (nSPS) is 9.78. The molecule has 3 nitrogen and oxygen atoms in total. The number of ether oxygens (including phenoxy) is 1. The van der Waals surface area contributed by atoms with Crippen molar-refractivity contribution >= 4 is 5.69 Å². The van der Waals surface area contributed by atoms with E-state index in [0.29, 0.717) is 23.6 Å². The van der Waals surface area contributed by atoms with Gasteiger partial charge in [0.2, 0.25) is 0 Å². The number of nitrogen functional groups attached to an aromatic ring is 1. The lowest BCUT2D eigenvalue weighted by atomic mass is 10.1. The van der Waals surface area contributed by atoms with E-state index in [0.717, 1.165) is 11.1 Å². The molecular weight excluding hydrogens is 224 g/mol. The molecule has 18 heavy (non-hydrogen) atoms. The third kappa shape index (κ3) is 2.61. The highest BCUT2D eigenvalue weighted by Crippen LogP contribution is 2.26. The van der Waals surface area contributed by atoms with Crippen LogP contribution in [0.2, 0.25) is 0 Å². The summed E-state index contributed by atoms with van der Waals surface area (Å²) in [5.41, 5.74) is 8.88. The van der Waals surface area contributed by atoms with Crippen molar-refractivity contribution in [2.75, 3.05) is 5.73 Å². The summed E-state index contributed by atoms with van der Waals surface area (Å²) in [6.45, 7) is 2.35. The van der Waals surface area contributed by atoms with E-state index < -0.39 is 0 Å². The molecule has 2 rings (SSSR count). The number of nitrogens with two attached hydrogens (primary N) is 1. The molecule has 0 bridgehead atoms. The van der Waals surface area contributed by atoms with Gasteiger partial charge in [-0.1, -0.05) is 30.3 Å². The fourth-order valence-electron chi connectivity index (χ4n) is 1.66. The van der Waals surface area contributed by atoms with Crippen LogP contribution in [-0.4, -0.2) is 0 Å². The van der Waals surface area contributed by atoms with Crippen LogP contribution in [-0.2, 0) is 6.61 Å². The van der Waals surface area contributed by atoms with Gasteiger partial charge in [0.25, 0.3) is 0 Å². The summed E-state index contributed by atoms with van der Waals surface area (Å²) in [7, 11) is 0. The molecule has 3 heteroatoms. The molecule has 0 atom stereocenters. The Morgan fingerprint density at radius 1 is 1.22 bits per heavy atom. The van der Waals surface area contributed by atoms with Crippen molar-refractivity contribution in [1.82, 2.24) is 0 Å². The van der Waals surface area contributed by atoms with Crippen molar-refractivity contribution in [3.63, 3.8) is 0 Å². The van der Waals surface area contributed by atoms with Crippen molar-refractivity contribution in [2.45, 2.75) is 13.5 Å². The van der Waals surface area contributed by atoms with Crippen molar-refractivity contribution in [2.24, 2.45) is 0 Å². The number of anilines is 1. The maximum absolute atomic E-state index is 8.90.